The van der Waals surface area contributed by atoms with E-state index in [1.54, 1.807) is 19.9 Å². The molecule has 20 heteroatoms. The summed E-state index contributed by atoms with van der Waals surface area (Å²) in [7, 11) is 0. The van der Waals surface area contributed by atoms with Gasteiger partial charge in [0.05, 0.1) is 53.1 Å². The Balaban J connectivity index is 1.18. The summed E-state index contributed by atoms with van der Waals surface area (Å²) in [5, 5.41) is 17.2. The van der Waals surface area contributed by atoms with Gasteiger partial charge in [0.25, 0.3) is 11.5 Å². The van der Waals surface area contributed by atoms with Crippen LogP contribution >= 0.6 is 0 Å². The number of anilines is 1. The van der Waals surface area contributed by atoms with Gasteiger partial charge in [0.15, 0.2) is 17.3 Å². The van der Waals surface area contributed by atoms with Crippen LogP contribution in [0.3, 0.4) is 0 Å². The molecule has 310 valence electrons. The summed E-state index contributed by atoms with van der Waals surface area (Å²) in [6, 6.07) is 4.97. The molecule has 59 heavy (non-hydrogen) atoms. The van der Waals surface area contributed by atoms with Gasteiger partial charge in [-0.2, -0.15) is 22.7 Å². The van der Waals surface area contributed by atoms with Gasteiger partial charge in [-0.15, -0.1) is 5.10 Å². The summed E-state index contributed by atoms with van der Waals surface area (Å²) in [6.07, 6.45) is -4.30. The predicted molar refractivity (Wildman–Crippen MR) is 198 cm³/mol. The van der Waals surface area contributed by atoms with Crippen molar-refractivity contribution < 1.29 is 46.1 Å². The van der Waals surface area contributed by atoms with Crippen molar-refractivity contribution in [2.24, 2.45) is 0 Å². The van der Waals surface area contributed by atoms with E-state index in [-0.39, 0.29) is 77.6 Å². The van der Waals surface area contributed by atoms with Crippen molar-refractivity contribution in [3.05, 3.63) is 98.0 Å². The number of fused-ring (bicyclic) bond motifs is 3. The van der Waals surface area contributed by atoms with Crippen molar-refractivity contribution in [1.82, 2.24) is 38.9 Å². The molecule has 6 heterocycles. The van der Waals surface area contributed by atoms with Crippen molar-refractivity contribution in [3.63, 3.8) is 0 Å². The maximum atomic E-state index is 16.2. The first-order valence-electron chi connectivity index (χ1n) is 18.8. The van der Waals surface area contributed by atoms with E-state index < -0.39 is 64.7 Å². The highest BCUT2D eigenvalue weighted by molar-refractivity contribution is 5.95. The molecule has 15 nitrogen and oxygen atoms in total. The molecule has 1 atom stereocenters. The monoisotopic (exact) mass is 823 g/mol. The van der Waals surface area contributed by atoms with E-state index in [1.807, 2.05) is 0 Å². The molecule has 2 aromatic carbocycles. The van der Waals surface area contributed by atoms with Crippen LogP contribution in [0.2, 0.25) is 0 Å². The molecule has 3 aliphatic rings. The summed E-state index contributed by atoms with van der Waals surface area (Å²) in [6.45, 7) is 7.33. The van der Waals surface area contributed by atoms with Gasteiger partial charge in [-0.3, -0.25) is 19.3 Å². The van der Waals surface area contributed by atoms with Crippen molar-refractivity contribution in [1.29, 1.82) is 0 Å². The van der Waals surface area contributed by atoms with Gasteiger partial charge in [-0.05, 0) is 69.0 Å². The van der Waals surface area contributed by atoms with Crippen LogP contribution in [-0.2, 0) is 39.1 Å². The number of amides is 2. The van der Waals surface area contributed by atoms with Crippen LogP contribution in [0.5, 0.6) is 5.75 Å². The summed E-state index contributed by atoms with van der Waals surface area (Å²) < 4.78 is 85.0. The molecule has 0 bridgehead atoms. The number of alkyl halides is 3. The fraction of sp³-hybridized carbons (Fsp3) is 0.410. The highest BCUT2D eigenvalue weighted by Gasteiger charge is 2.51. The third-order valence-electron chi connectivity index (χ3n) is 11.2. The zero-order chi connectivity index (χ0) is 42.0. The molecular weight excluding hydrogens is 785 g/mol. The lowest BCUT2D eigenvalue weighted by molar-refractivity contribution is -0.137. The Morgan fingerprint density at radius 2 is 1.76 bits per heavy atom. The first kappa shape index (κ1) is 39.9. The number of aryl methyl sites for hydroxylation is 1. The van der Waals surface area contributed by atoms with Crippen LogP contribution in [0, 0.1) is 25.5 Å². The summed E-state index contributed by atoms with van der Waals surface area (Å²) >= 11 is 0. The van der Waals surface area contributed by atoms with Crippen LogP contribution in [0.1, 0.15) is 70.0 Å². The fourth-order valence-electron chi connectivity index (χ4n) is 8.05. The minimum atomic E-state index is -4.82. The second kappa shape index (κ2) is 15.1. The molecule has 8 rings (SSSR count). The Labute approximate surface area is 332 Å². The molecule has 5 aromatic rings. The zero-order valence-electron chi connectivity index (χ0n) is 32.1. The van der Waals surface area contributed by atoms with Crippen LogP contribution < -0.4 is 10.9 Å². The minimum Gasteiger partial charge on any atom is -0.504 e. The molecule has 1 spiro atoms. The number of aromatic hydroxyl groups is 1. The third-order valence-corrected chi connectivity index (χ3v) is 11.2. The van der Waals surface area contributed by atoms with E-state index in [9.17, 15) is 37.1 Å². The Bertz CT molecular complexity index is 2560. The number of halogens is 5. The fourth-order valence-corrected chi connectivity index (χ4v) is 8.05. The molecule has 1 unspecified atom stereocenters. The summed E-state index contributed by atoms with van der Waals surface area (Å²) in [5.74, 6) is -4.05. The average molecular weight is 824 g/mol. The van der Waals surface area contributed by atoms with Crippen molar-refractivity contribution >= 4 is 23.3 Å². The van der Waals surface area contributed by atoms with E-state index in [0.29, 0.717) is 44.5 Å². The molecular formula is C39H38F5N9O6. The standard InChI is InChI=1S/C39H38F5N9O6/c1-20-23(17-50-12-14-58-15-13-50)4-6-25(30(20)41)34-48-37-52(18-28(54)47-27-7-5-24(16-26(27)40)39(42,43)44)32-22(3)59-38(29(32)35(56)53(37)49-34)8-10-51(11-9-38)36(57)31-33(55)21(2)45-19-46-31/h4-7,16,19,22,55H,8-15,17-18H2,1-3H3,(H,47,54). The highest BCUT2D eigenvalue weighted by Crippen LogP contribution is 2.48. The number of carbonyl (C=O) groups excluding carboxylic acids is 2. The number of rotatable bonds is 7. The van der Waals surface area contributed by atoms with Gasteiger partial charge >= 0.3 is 6.18 Å². The largest absolute Gasteiger partial charge is 0.504 e. The normalized spacial score (nSPS) is 18.1. The molecule has 3 aromatic heterocycles. The molecule has 0 saturated carbocycles. The Kier molecular flexibility index (Phi) is 10.2. The highest BCUT2D eigenvalue weighted by atomic mass is 19.4. The van der Waals surface area contributed by atoms with E-state index in [0.717, 1.165) is 16.1 Å². The topological polar surface area (TPSA) is 169 Å². The zero-order valence-corrected chi connectivity index (χ0v) is 32.1. The van der Waals surface area contributed by atoms with Crippen molar-refractivity contribution in [3.8, 4) is 17.1 Å². The lowest BCUT2D eigenvalue weighted by atomic mass is 9.85. The van der Waals surface area contributed by atoms with Crippen molar-refractivity contribution in [2.45, 2.75) is 64.6 Å². The van der Waals surface area contributed by atoms with Crippen LogP contribution in [0.4, 0.5) is 27.6 Å². The van der Waals surface area contributed by atoms with E-state index >= 15 is 4.39 Å². The average Bonchev–Trinajstić information content (AvgIpc) is 3.77. The SMILES string of the molecule is Cc1ncnc(C(=O)N2CCC3(CC2)OC(C)c2c3c(=O)n3nc(-c4ccc(CN5CCOCC5)c(C)c4F)nc3n2CC(=O)Nc2ccc(C(F)(F)F)cc2F)c1O. The van der Waals surface area contributed by atoms with Gasteiger partial charge in [-0.25, -0.2) is 18.7 Å². The van der Waals surface area contributed by atoms with E-state index in [2.05, 4.69) is 30.3 Å². The molecule has 3 aliphatic heterocycles. The maximum absolute atomic E-state index is 16.2. The summed E-state index contributed by atoms with van der Waals surface area (Å²) in [4.78, 5) is 57.7. The van der Waals surface area contributed by atoms with E-state index in [1.165, 1.54) is 28.8 Å². The number of nitrogens with one attached hydrogen (secondary N) is 1. The van der Waals surface area contributed by atoms with Crippen LogP contribution in [0.15, 0.2) is 41.5 Å². The lowest BCUT2D eigenvalue weighted by Gasteiger charge is -2.39. The van der Waals surface area contributed by atoms with Crippen LogP contribution in [-0.4, -0.2) is 95.2 Å². The number of morpholine rings is 1. The number of hydrogen-bond donors (Lipinski definition) is 2. The number of aromatic nitrogens is 6. The van der Waals surface area contributed by atoms with Gasteiger partial charge in [0, 0.05) is 32.7 Å². The van der Waals surface area contributed by atoms with Gasteiger partial charge in [0.2, 0.25) is 11.7 Å². The molecule has 2 fully saturated rings. The number of benzene rings is 2. The molecule has 2 amide bonds. The van der Waals surface area contributed by atoms with Crippen LogP contribution in [0.25, 0.3) is 17.2 Å². The third kappa shape index (κ3) is 7.18. The molecule has 0 radical (unpaired) electrons. The predicted octanol–water partition coefficient (Wildman–Crippen LogP) is 4.66. The lowest BCUT2D eigenvalue weighted by Crippen LogP contribution is -2.47. The Hall–Kier alpha value is -5.86. The van der Waals surface area contributed by atoms with Gasteiger partial charge in [-0.1, -0.05) is 6.07 Å². The smallest absolute Gasteiger partial charge is 0.416 e. The number of nitrogens with zero attached hydrogens (tertiary/aromatic N) is 8. The molecule has 2 saturated heterocycles. The number of hydrogen-bond acceptors (Lipinski definition) is 11. The molecule has 2 N–H and O–H groups in total. The number of ether oxygens (including phenoxy) is 2. The number of carbonyl (C=O) groups is 2. The second-order valence-electron chi connectivity index (χ2n) is 14.8. The number of likely N-dealkylation sites (tertiary alicyclic amines) is 1. The number of piperidine rings is 1. The quantitative estimate of drug-likeness (QED) is 0.219. The second-order valence-corrected chi connectivity index (χ2v) is 14.8. The first-order valence-corrected chi connectivity index (χ1v) is 18.8. The van der Waals surface area contributed by atoms with Crippen molar-refractivity contribution in [2.75, 3.05) is 44.7 Å². The first-order chi connectivity index (χ1) is 28.1. The maximum Gasteiger partial charge on any atom is 0.416 e. The Morgan fingerprint density at radius 3 is 2.46 bits per heavy atom. The van der Waals surface area contributed by atoms with Gasteiger partial charge < -0.3 is 29.4 Å². The van der Waals surface area contributed by atoms with E-state index in [4.69, 9.17) is 9.47 Å². The minimum absolute atomic E-state index is 0.00615. The van der Waals surface area contributed by atoms with Gasteiger partial charge in [0.1, 0.15) is 30.1 Å². The Morgan fingerprint density at radius 1 is 1.03 bits per heavy atom. The molecule has 0 aliphatic carbocycles. The summed E-state index contributed by atoms with van der Waals surface area (Å²) in [5.41, 5.74) is -2.24.